The van der Waals surface area contributed by atoms with Crippen LogP contribution in [0.5, 0.6) is 0 Å². The molecule has 7 heteroatoms. The number of nitrogen functional groups attached to an aromatic ring is 1. The molecular formula is C30H23F2N3O2. The highest BCUT2D eigenvalue weighted by Gasteiger charge is 2.22. The van der Waals surface area contributed by atoms with E-state index in [2.05, 4.69) is 10.3 Å². The first-order chi connectivity index (χ1) is 17.7. The Morgan fingerprint density at radius 1 is 0.919 bits per heavy atom. The highest BCUT2D eigenvalue weighted by atomic mass is 19.1. The summed E-state index contributed by atoms with van der Waals surface area (Å²) in [5.74, 6) is -0.974. The Labute approximate surface area is 211 Å². The van der Waals surface area contributed by atoms with Crippen molar-refractivity contribution in [3.63, 3.8) is 0 Å². The van der Waals surface area contributed by atoms with Crippen LogP contribution in [0.1, 0.15) is 32.7 Å². The molecule has 5 nitrogen and oxygen atoms in total. The summed E-state index contributed by atoms with van der Waals surface area (Å²) < 4.78 is 34.1. The second-order valence-corrected chi connectivity index (χ2v) is 9.47. The lowest BCUT2D eigenvalue weighted by Gasteiger charge is -2.12. The number of nitrogens with two attached hydrogens (primary N) is 1. The van der Waals surface area contributed by atoms with E-state index in [1.165, 1.54) is 12.1 Å². The SMILES string of the molecule is Cc1cc(N)nc(C)c1CNC(=O)c1ccc2c(c1)c1oc2c2cc(-c3ccc(F)cc3F)cc(C)c21. The molecule has 0 saturated heterocycles. The van der Waals surface area contributed by atoms with E-state index >= 15 is 0 Å². The third-order valence-electron chi connectivity index (χ3n) is 7.02. The second kappa shape index (κ2) is 8.27. The number of aromatic nitrogens is 1. The van der Waals surface area contributed by atoms with E-state index in [0.717, 1.165) is 50.0 Å². The van der Waals surface area contributed by atoms with Crippen LogP contribution in [0.4, 0.5) is 14.6 Å². The standard InChI is InChI=1S/C30H23F2N3O2/c1-14-9-26(33)35-16(3)24(14)13-34-30(36)17-4-6-21-22(10-17)29-27-15(2)8-18(11-23(27)28(21)37-29)20-7-5-19(31)12-25(20)32/h4-12H,13H2,1-3H3,(H2,33,35)(H,34,36). The zero-order valence-corrected chi connectivity index (χ0v) is 20.5. The summed E-state index contributed by atoms with van der Waals surface area (Å²) >= 11 is 0. The highest BCUT2D eigenvalue weighted by Crippen LogP contribution is 2.44. The van der Waals surface area contributed by atoms with Crippen molar-refractivity contribution in [2.24, 2.45) is 0 Å². The van der Waals surface area contributed by atoms with E-state index in [1.807, 2.05) is 45.0 Å². The monoisotopic (exact) mass is 495 g/mol. The topological polar surface area (TPSA) is 81.1 Å². The molecule has 0 aliphatic rings. The van der Waals surface area contributed by atoms with Gasteiger partial charge >= 0.3 is 0 Å². The number of carbonyl (C=O) groups is 1. The number of pyridine rings is 1. The van der Waals surface area contributed by atoms with Gasteiger partial charge in [-0.3, -0.25) is 4.79 Å². The van der Waals surface area contributed by atoms with Gasteiger partial charge in [0, 0.05) is 51.0 Å². The normalized spacial score (nSPS) is 11.7. The summed E-state index contributed by atoms with van der Waals surface area (Å²) in [4.78, 5) is 17.3. The molecule has 6 rings (SSSR count). The Hall–Kier alpha value is -4.52. The van der Waals surface area contributed by atoms with Gasteiger partial charge < -0.3 is 15.5 Å². The molecular weight excluding hydrogens is 472 g/mol. The quantitative estimate of drug-likeness (QED) is 0.259. The van der Waals surface area contributed by atoms with Gasteiger partial charge in [0.25, 0.3) is 5.91 Å². The molecule has 3 N–H and O–H groups in total. The number of nitrogens with one attached hydrogen (secondary N) is 1. The number of furan rings is 2. The molecule has 1 amide bonds. The summed E-state index contributed by atoms with van der Waals surface area (Å²) in [7, 11) is 0. The number of halogens is 2. The Bertz CT molecular complexity index is 1850. The van der Waals surface area contributed by atoms with E-state index in [1.54, 1.807) is 12.1 Å². The largest absolute Gasteiger partial charge is 0.455 e. The number of anilines is 1. The highest BCUT2D eigenvalue weighted by molar-refractivity contribution is 6.27. The molecule has 6 aromatic rings. The summed E-state index contributed by atoms with van der Waals surface area (Å²) in [6.45, 7) is 6.09. The molecule has 0 saturated carbocycles. The minimum atomic E-state index is -0.615. The lowest BCUT2D eigenvalue weighted by atomic mass is 9.94. The number of rotatable bonds is 4. The lowest BCUT2D eigenvalue weighted by Crippen LogP contribution is -2.24. The number of nitrogens with zero attached hydrogens (tertiary/aromatic N) is 1. The molecule has 37 heavy (non-hydrogen) atoms. The molecule has 184 valence electrons. The fraction of sp³-hybridized carbons (Fsp3) is 0.133. The molecule has 3 aromatic carbocycles. The molecule has 3 heterocycles. The molecule has 0 unspecified atom stereocenters. The van der Waals surface area contributed by atoms with E-state index in [0.29, 0.717) is 40.2 Å². The van der Waals surface area contributed by atoms with Crippen LogP contribution in [-0.4, -0.2) is 10.9 Å². The Morgan fingerprint density at radius 2 is 1.73 bits per heavy atom. The number of hydrogen-bond donors (Lipinski definition) is 2. The Morgan fingerprint density at radius 3 is 2.49 bits per heavy atom. The maximum Gasteiger partial charge on any atom is 0.251 e. The third-order valence-corrected chi connectivity index (χ3v) is 7.02. The molecule has 0 atom stereocenters. The Balaban J connectivity index is 1.37. The summed E-state index contributed by atoms with van der Waals surface area (Å²) in [6.07, 6.45) is 0. The van der Waals surface area contributed by atoms with Crippen LogP contribution in [0, 0.1) is 32.4 Å². The molecule has 0 aliphatic heterocycles. The van der Waals surface area contributed by atoms with Gasteiger partial charge in [0.2, 0.25) is 0 Å². The molecule has 0 spiro atoms. The van der Waals surface area contributed by atoms with E-state index in [-0.39, 0.29) is 5.91 Å². The first-order valence-corrected chi connectivity index (χ1v) is 11.9. The summed E-state index contributed by atoms with van der Waals surface area (Å²) in [5, 5.41) is 6.49. The van der Waals surface area contributed by atoms with Gasteiger partial charge in [-0.05, 0) is 85.5 Å². The zero-order chi connectivity index (χ0) is 26.0. The third kappa shape index (κ3) is 3.66. The first-order valence-electron chi connectivity index (χ1n) is 11.9. The minimum absolute atomic E-state index is 0.203. The molecule has 0 aliphatic carbocycles. The van der Waals surface area contributed by atoms with Crippen LogP contribution in [0.2, 0.25) is 0 Å². The molecule has 2 bridgehead atoms. The maximum atomic E-state index is 14.5. The van der Waals surface area contributed by atoms with Crippen LogP contribution >= 0.6 is 0 Å². The van der Waals surface area contributed by atoms with Crippen LogP contribution in [0.15, 0.2) is 59.0 Å². The molecule has 0 fully saturated rings. The van der Waals surface area contributed by atoms with Crippen LogP contribution < -0.4 is 11.1 Å². The van der Waals surface area contributed by atoms with Crippen molar-refractivity contribution in [2.75, 3.05) is 5.73 Å². The van der Waals surface area contributed by atoms with Crippen molar-refractivity contribution in [1.29, 1.82) is 0 Å². The van der Waals surface area contributed by atoms with Crippen molar-refractivity contribution in [3.8, 4) is 11.1 Å². The van der Waals surface area contributed by atoms with Crippen molar-refractivity contribution >= 4 is 44.4 Å². The van der Waals surface area contributed by atoms with Gasteiger partial charge in [0.05, 0.1) is 0 Å². The number of aryl methyl sites for hydroxylation is 3. The minimum Gasteiger partial charge on any atom is -0.455 e. The smallest absolute Gasteiger partial charge is 0.251 e. The average Bonchev–Trinajstić information content (AvgIpc) is 3.40. The number of hydrogen-bond acceptors (Lipinski definition) is 4. The second-order valence-electron chi connectivity index (χ2n) is 9.47. The fourth-order valence-electron chi connectivity index (χ4n) is 5.24. The van der Waals surface area contributed by atoms with Crippen LogP contribution in [-0.2, 0) is 6.54 Å². The lowest BCUT2D eigenvalue weighted by molar-refractivity contribution is 0.0951. The number of benzene rings is 4. The van der Waals surface area contributed by atoms with Gasteiger partial charge in [-0.1, -0.05) is 6.07 Å². The number of fused-ring (bicyclic) bond motifs is 8. The zero-order valence-electron chi connectivity index (χ0n) is 20.5. The van der Waals surface area contributed by atoms with Crippen molar-refractivity contribution < 1.29 is 18.0 Å². The maximum absolute atomic E-state index is 14.5. The van der Waals surface area contributed by atoms with E-state index in [4.69, 9.17) is 10.2 Å². The number of amides is 1. The fourth-order valence-corrected chi connectivity index (χ4v) is 5.24. The summed E-state index contributed by atoms with van der Waals surface area (Å²) in [5.41, 5.74) is 12.3. The first kappa shape index (κ1) is 22.9. The van der Waals surface area contributed by atoms with Gasteiger partial charge in [-0.15, -0.1) is 0 Å². The van der Waals surface area contributed by atoms with Crippen LogP contribution in [0.25, 0.3) is 43.8 Å². The van der Waals surface area contributed by atoms with Gasteiger partial charge in [0.15, 0.2) is 0 Å². The molecule has 0 radical (unpaired) electrons. The van der Waals surface area contributed by atoms with Crippen molar-refractivity contribution in [1.82, 2.24) is 10.3 Å². The predicted octanol–water partition coefficient (Wildman–Crippen LogP) is 6.95. The Kier molecular flexibility index (Phi) is 5.12. The van der Waals surface area contributed by atoms with Crippen molar-refractivity contribution in [2.45, 2.75) is 27.3 Å². The molecule has 3 aromatic heterocycles. The average molecular weight is 496 g/mol. The van der Waals surface area contributed by atoms with E-state index in [9.17, 15) is 13.6 Å². The van der Waals surface area contributed by atoms with Crippen molar-refractivity contribution in [3.05, 3.63) is 94.2 Å². The van der Waals surface area contributed by atoms with Crippen LogP contribution in [0.3, 0.4) is 0 Å². The van der Waals surface area contributed by atoms with E-state index < -0.39 is 11.6 Å². The predicted molar refractivity (Wildman–Crippen MR) is 142 cm³/mol. The van der Waals surface area contributed by atoms with Gasteiger partial charge in [0.1, 0.15) is 28.6 Å². The van der Waals surface area contributed by atoms with Gasteiger partial charge in [-0.25, -0.2) is 13.8 Å². The summed E-state index contributed by atoms with van der Waals surface area (Å²) in [6, 6.07) is 14.6. The number of carbonyl (C=O) groups excluding carboxylic acids is 1. The van der Waals surface area contributed by atoms with Gasteiger partial charge in [-0.2, -0.15) is 0 Å².